The molecule has 0 N–H and O–H groups in total. The molecule has 308 valence electrons. The molecule has 0 aromatic rings. The van der Waals surface area contributed by atoms with E-state index in [1.54, 1.807) is 0 Å². The second-order valence-corrected chi connectivity index (χ2v) is 15.2. The third-order valence-electron chi connectivity index (χ3n) is 8.36. The summed E-state index contributed by atoms with van der Waals surface area (Å²) in [5, 5.41) is 37.5. The summed E-state index contributed by atoms with van der Waals surface area (Å²) < 4.78 is 2.25. The molecule has 0 saturated heterocycles. The van der Waals surface area contributed by atoms with Crippen LogP contribution >= 0.6 is 0 Å². The summed E-state index contributed by atoms with van der Waals surface area (Å²) in [5.74, 6) is 0. The fourth-order valence-corrected chi connectivity index (χ4v) is 5.56. The van der Waals surface area contributed by atoms with E-state index >= 15 is 0 Å². The van der Waals surface area contributed by atoms with E-state index in [1.807, 2.05) is 0 Å². The van der Waals surface area contributed by atoms with Crippen LogP contribution in [0.2, 0.25) is 0 Å². The maximum Gasteiger partial charge on any atom is 4.00 e. The normalized spacial score (nSPS) is 9.28. The van der Waals surface area contributed by atoms with E-state index in [9.17, 15) is 0 Å². The third kappa shape index (κ3) is 113. The van der Waals surface area contributed by atoms with E-state index in [1.165, 1.54) is 193 Å². The Hall–Kier alpha value is -2.62. The topological polar surface area (TPSA) is 143 Å². The number of quaternary nitrogens is 2. The van der Waals surface area contributed by atoms with E-state index in [0.717, 1.165) is 8.97 Å². The standard InChI is InChI=1S/2C19H42N.6CN.Fe/c2*1-5-6-7-8-9-10-11-12-13-14-15-16-17-18-19-20(2,3)4;6*1-2;/h2*5-19H2,1-4H3;;;;;;;/q2*+1;6*-1;+4. The zero-order chi connectivity index (χ0) is 42.2. The van der Waals surface area contributed by atoms with Crippen LogP contribution in [0, 0.1) is 71.0 Å². The van der Waals surface area contributed by atoms with Gasteiger partial charge in [0.25, 0.3) is 0 Å². The van der Waals surface area contributed by atoms with Crippen LogP contribution in [0.15, 0.2) is 0 Å². The van der Waals surface area contributed by atoms with Gasteiger partial charge in [-0.15, -0.1) is 0 Å². The first kappa shape index (κ1) is 71.7. The van der Waals surface area contributed by atoms with E-state index in [4.69, 9.17) is 71.0 Å². The molecule has 8 nitrogen and oxygen atoms in total. The Morgan fingerprint density at radius 1 is 0.245 bits per heavy atom. The summed E-state index contributed by atoms with van der Waals surface area (Å²) in [5.41, 5.74) is 0. The van der Waals surface area contributed by atoms with Gasteiger partial charge in [-0.25, -0.2) is 0 Å². The van der Waals surface area contributed by atoms with Crippen LogP contribution in [0.25, 0.3) is 0 Å². The van der Waals surface area contributed by atoms with Crippen LogP contribution in [-0.4, -0.2) is 64.3 Å². The molecular formula is C44H84FeN8. The molecule has 0 bridgehead atoms. The Morgan fingerprint density at radius 3 is 0.472 bits per heavy atom. The smallest absolute Gasteiger partial charge is 0.512 e. The van der Waals surface area contributed by atoms with Crippen molar-refractivity contribution in [3.8, 4) is 0 Å². The van der Waals surface area contributed by atoms with Gasteiger partial charge in [-0.2, -0.15) is 0 Å². The van der Waals surface area contributed by atoms with Crippen molar-refractivity contribution in [3.63, 3.8) is 0 Å². The molecule has 0 aliphatic carbocycles. The van der Waals surface area contributed by atoms with Crippen molar-refractivity contribution in [2.75, 3.05) is 55.4 Å². The first-order valence-corrected chi connectivity index (χ1v) is 20.1. The summed E-state index contributed by atoms with van der Waals surface area (Å²) in [6.45, 7) is 35.8. The summed E-state index contributed by atoms with van der Waals surface area (Å²) in [7, 11) is 13.8. The maximum absolute atomic E-state index is 6.25. The molecule has 0 radical (unpaired) electrons. The summed E-state index contributed by atoms with van der Waals surface area (Å²) >= 11 is 0. The zero-order valence-corrected chi connectivity index (χ0v) is 37.2. The number of unbranched alkanes of at least 4 members (excludes halogenated alkanes) is 26. The fraction of sp³-hybridized carbons (Fsp3) is 0.864. The van der Waals surface area contributed by atoms with Gasteiger partial charge in [-0.05, 0) is 25.7 Å². The molecule has 0 amide bonds. The SMILES string of the molecule is CCCCCCCCCCCCCCCC[N+](C)(C)C.CCCCCCCCCCCCCCCC[N+](C)(C)C.[C-]#N.[C-]#N.[C-]#N.[C-]#N.[C-]#N.[C-]#N.[Fe+4]. The number of nitrogens with zero attached hydrogens (tertiary/aromatic N) is 8. The monoisotopic (exact) mass is 781 g/mol. The minimum atomic E-state index is 0. The molecule has 53 heavy (non-hydrogen) atoms. The Morgan fingerprint density at radius 2 is 0.358 bits per heavy atom. The Bertz CT molecular complexity index is 612. The molecule has 0 rings (SSSR count). The van der Waals surface area contributed by atoms with Gasteiger partial charge in [-0.3, -0.25) is 0 Å². The molecular weight excluding hydrogens is 696 g/mol. The average Bonchev–Trinajstić information content (AvgIpc) is 3.16. The molecule has 0 unspecified atom stereocenters. The summed E-state index contributed by atoms with van der Waals surface area (Å²) in [6.07, 6.45) is 40.7. The van der Waals surface area contributed by atoms with Crippen molar-refractivity contribution in [3.05, 3.63) is 39.4 Å². The number of hydrogen-bond donors (Lipinski definition) is 0. The molecule has 0 aliphatic heterocycles. The van der Waals surface area contributed by atoms with Crippen molar-refractivity contribution in [2.45, 2.75) is 194 Å². The van der Waals surface area contributed by atoms with Crippen molar-refractivity contribution >= 4 is 0 Å². The van der Waals surface area contributed by atoms with Crippen LogP contribution in [0.4, 0.5) is 0 Å². The minimum Gasteiger partial charge on any atom is -0.512 e. The van der Waals surface area contributed by atoms with Crippen molar-refractivity contribution in [1.29, 1.82) is 31.6 Å². The second-order valence-electron chi connectivity index (χ2n) is 15.2. The van der Waals surface area contributed by atoms with E-state index in [0.29, 0.717) is 0 Å². The second kappa shape index (κ2) is 74.5. The Balaban J connectivity index is -0.0000000798. The number of hydrogen-bond acceptors (Lipinski definition) is 6. The molecule has 0 saturated carbocycles. The van der Waals surface area contributed by atoms with E-state index in [2.05, 4.69) is 56.1 Å². The van der Waals surface area contributed by atoms with Crippen LogP contribution in [0.3, 0.4) is 0 Å². The molecule has 9 heteroatoms. The van der Waals surface area contributed by atoms with Gasteiger partial charge in [0.15, 0.2) is 0 Å². The van der Waals surface area contributed by atoms with Crippen LogP contribution < -0.4 is 0 Å². The van der Waals surface area contributed by atoms with Crippen molar-refractivity contribution in [1.82, 2.24) is 0 Å². The predicted molar refractivity (Wildman–Crippen MR) is 216 cm³/mol. The van der Waals surface area contributed by atoms with Crippen LogP contribution in [0.5, 0.6) is 0 Å². The molecule has 0 aliphatic rings. The first-order valence-electron chi connectivity index (χ1n) is 20.1. The van der Waals surface area contributed by atoms with Crippen molar-refractivity contribution < 1.29 is 26.0 Å². The Labute approximate surface area is 344 Å². The van der Waals surface area contributed by atoms with Gasteiger partial charge in [0.2, 0.25) is 0 Å². The van der Waals surface area contributed by atoms with Gasteiger partial charge in [-0.1, -0.05) is 168 Å². The minimum absolute atomic E-state index is 0. The van der Waals surface area contributed by atoms with E-state index < -0.39 is 0 Å². The van der Waals surface area contributed by atoms with E-state index in [-0.39, 0.29) is 17.1 Å². The zero-order valence-electron chi connectivity index (χ0n) is 36.1. The van der Waals surface area contributed by atoms with Crippen molar-refractivity contribution in [2.24, 2.45) is 0 Å². The predicted octanol–water partition coefficient (Wildman–Crippen LogP) is 12.9. The fourth-order valence-electron chi connectivity index (χ4n) is 5.56. The molecule has 0 heterocycles. The van der Waals surface area contributed by atoms with Gasteiger partial charge < -0.3 is 80.0 Å². The summed E-state index contributed by atoms with van der Waals surface area (Å²) in [6, 6.07) is 0. The Kier molecular flexibility index (Phi) is 101. The average molecular weight is 781 g/mol. The molecule has 0 spiro atoms. The molecule has 0 fully saturated rings. The van der Waals surface area contributed by atoms with Crippen LogP contribution in [0.1, 0.15) is 194 Å². The van der Waals surface area contributed by atoms with Gasteiger partial charge in [0.05, 0.1) is 55.4 Å². The molecule has 0 aromatic heterocycles. The largest absolute Gasteiger partial charge is 4.00 e. The summed E-state index contributed by atoms with van der Waals surface area (Å²) in [4.78, 5) is 0. The van der Waals surface area contributed by atoms with Crippen LogP contribution in [-0.2, 0) is 17.1 Å². The quantitative estimate of drug-likeness (QED) is 0.0307. The van der Waals surface area contributed by atoms with Gasteiger partial charge in [0.1, 0.15) is 0 Å². The maximum atomic E-state index is 6.25. The third-order valence-corrected chi connectivity index (χ3v) is 8.36. The molecule has 0 aromatic carbocycles. The van der Waals surface area contributed by atoms with Gasteiger partial charge >= 0.3 is 17.1 Å². The number of rotatable bonds is 30. The van der Waals surface area contributed by atoms with Gasteiger partial charge in [0, 0.05) is 0 Å². The molecule has 0 atom stereocenters. The first-order chi connectivity index (χ1) is 25.1.